The van der Waals surface area contributed by atoms with Crippen molar-refractivity contribution in [1.29, 1.82) is 5.26 Å². The van der Waals surface area contributed by atoms with Gasteiger partial charge in [-0.1, -0.05) is 12.1 Å². The largest absolute Gasteiger partial charge is 0.486 e. The molecule has 11 heteroatoms. The summed E-state index contributed by atoms with van der Waals surface area (Å²) in [5, 5.41) is 12.9. The minimum atomic E-state index is -3.59. The first kappa shape index (κ1) is 24.5. The quantitative estimate of drug-likeness (QED) is 0.213. The van der Waals surface area contributed by atoms with Crippen molar-refractivity contribution in [3.05, 3.63) is 88.8 Å². The van der Waals surface area contributed by atoms with Crippen molar-refractivity contribution in [1.82, 2.24) is 15.0 Å². The number of pyridine rings is 2. The fourth-order valence-electron chi connectivity index (χ4n) is 3.24. The predicted molar refractivity (Wildman–Crippen MR) is 119 cm³/mol. The Morgan fingerprint density at radius 1 is 1.21 bits per heavy atom. The average Bonchev–Trinajstić information content (AvgIpc) is 2.82. The maximum Gasteiger partial charge on any atom is 0.298 e. The first-order valence-corrected chi connectivity index (χ1v) is 10.1. The van der Waals surface area contributed by atoms with E-state index in [1.807, 2.05) is 6.07 Å². The Bertz CT molecular complexity index is 1180. The van der Waals surface area contributed by atoms with E-state index in [4.69, 9.17) is 21.7 Å². The van der Waals surface area contributed by atoms with Crippen molar-refractivity contribution in [2.45, 2.75) is 25.4 Å². The molecule has 176 valence electrons. The molecule has 0 bridgehead atoms. The van der Waals surface area contributed by atoms with Gasteiger partial charge >= 0.3 is 0 Å². The second-order valence-electron chi connectivity index (χ2n) is 7.48. The van der Waals surface area contributed by atoms with Gasteiger partial charge in [0.05, 0.1) is 23.4 Å². The molecule has 1 unspecified atom stereocenters. The van der Waals surface area contributed by atoms with Crippen LogP contribution in [-0.4, -0.2) is 27.9 Å². The van der Waals surface area contributed by atoms with E-state index in [0.29, 0.717) is 16.8 Å². The Morgan fingerprint density at radius 3 is 2.59 bits per heavy atom. The van der Waals surface area contributed by atoms with E-state index in [1.165, 1.54) is 24.4 Å². The van der Waals surface area contributed by atoms with Crippen LogP contribution in [0.1, 0.15) is 34.0 Å². The van der Waals surface area contributed by atoms with Crippen LogP contribution in [0.15, 0.2) is 60.0 Å². The number of nitrogens with zero attached hydrogens (tertiary/aromatic N) is 5. The molecule has 0 radical (unpaired) electrons. The van der Waals surface area contributed by atoms with Gasteiger partial charge in [-0.2, -0.15) is 19.1 Å². The number of ether oxygens (including phenoxy) is 1. The van der Waals surface area contributed by atoms with Gasteiger partial charge in [0, 0.05) is 12.7 Å². The molecule has 1 aromatic carbocycles. The third-order valence-corrected chi connectivity index (χ3v) is 5.00. The molecule has 0 amide bonds. The van der Waals surface area contributed by atoms with E-state index >= 15 is 8.78 Å². The molecule has 2 heterocycles. The Kier molecular flexibility index (Phi) is 7.65. The van der Waals surface area contributed by atoms with E-state index in [2.05, 4.69) is 15.1 Å². The lowest BCUT2D eigenvalue weighted by atomic mass is 9.89. The second kappa shape index (κ2) is 10.6. The molecule has 3 aromatic rings. The van der Waals surface area contributed by atoms with Crippen LogP contribution in [0, 0.1) is 24.1 Å². The summed E-state index contributed by atoms with van der Waals surface area (Å²) in [5.74, 6) is 4.93. The van der Waals surface area contributed by atoms with Gasteiger partial charge in [-0.3, -0.25) is 15.0 Å². The van der Waals surface area contributed by atoms with Gasteiger partial charge < -0.3 is 10.6 Å². The molecule has 34 heavy (non-hydrogen) atoms. The molecule has 0 saturated carbocycles. The van der Waals surface area contributed by atoms with Gasteiger partial charge in [0.15, 0.2) is 0 Å². The van der Waals surface area contributed by atoms with Crippen LogP contribution in [0.3, 0.4) is 0 Å². The number of aryl methyl sites for hydroxylation is 1. The predicted octanol–water partition coefficient (Wildman–Crippen LogP) is 3.33. The van der Waals surface area contributed by atoms with E-state index in [9.17, 15) is 4.39 Å². The van der Waals surface area contributed by atoms with E-state index in [-0.39, 0.29) is 17.9 Å². The lowest BCUT2D eigenvalue weighted by molar-refractivity contribution is -0.0443. The number of nitriles is 1. The van der Waals surface area contributed by atoms with E-state index in [0.717, 1.165) is 23.6 Å². The van der Waals surface area contributed by atoms with Crippen LogP contribution in [0.2, 0.25) is 0 Å². The third kappa shape index (κ3) is 5.79. The summed E-state index contributed by atoms with van der Waals surface area (Å²) in [4.78, 5) is 7.93. The molecule has 0 fully saturated rings. The molecule has 2 aromatic heterocycles. The zero-order chi connectivity index (χ0) is 24.7. The van der Waals surface area contributed by atoms with Crippen molar-refractivity contribution in [3.63, 3.8) is 0 Å². The number of rotatable bonds is 9. The van der Waals surface area contributed by atoms with Crippen LogP contribution >= 0.6 is 0 Å². The highest BCUT2D eigenvalue weighted by atomic mass is 19.3. The number of halogens is 3. The van der Waals surface area contributed by atoms with Gasteiger partial charge in [-0.15, -0.1) is 0 Å². The summed E-state index contributed by atoms with van der Waals surface area (Å²) < 4.78 is 51.3. The number of nitrogens with two attached hydrogens (primary N) is 2. The summed E-state index contributed by atoms with van der Waals surface area (Å²) >= 11 is 0. The highest BCUT2D eigenvalue weighted by Gasteiger charge is 2.45. The number of hydrazine groups is 1. The minimum absolute atomic E-state index is 0.0564. The number of alkyl halides is 2. The Hall–Kier alpha value is -4.17. The molecule has 0 aliphatic rings. The van der Waals surface area contributed by atoms with Crippen LogP contribution in [-0.2, 0) is 12.5 Å². The second-order valence-corrected chi connectivity index (χ2v) is 7.48. The zero-order valence-electron chi connectivity index (χ0n) is 18.2. The van der Waals surface area contributed by atoms with Crippen molar-refractivity contribution in [3.8, 4) is 11.8 Å². The number of hydrogen-bond acceptors (Lipinski definition) is 7. The van der Waals surface area contributed by atoms with Crippen LogP contribution < -0.4 is 16.4 Å². The number of benzene rings is 1. The minimum Gasteiger partial charge on any atom is -0.486 e. The van der Waals surface area contributed by atoms with Crippen molar-refractivity contribution < 1.29 is 17.9 Å². The lowest BCUT2D eigenvalue weighted by Gasteiger charge is -2.30. The van der Waals surface area contributed by atoms with Crippen LogP contribution in [0.25, 0.3) is 0 Å². The topological polar surface area (TPSA) is 126 Å². The Balaban J connectivity index is 1.82. The maximum absolute atomic E-state index is 15.6. The Labute approximate surface area is 194 Å². The molecule has 0 saturated heterocycles. The van der Waals surface area contributed by atoms with Crippen molar-refractivity contribution in [2.75, 3.05) is 6.54 Å². The molecule has 0 aliphatic heterocycles. The Morgan fingerprint density at radius 2 is 2.00 bits per heavy atom. The molecule has 8 nitrogen and oxygen atoms in total. The standard InChI is InChI=1S/C23H22F3N7O/c1-15-2-6-19(21(24)8-15)20(12-33(29)14-32-28)23(25,26)22-7-5-18(11-31-22)34-13-17-4-3-16(9-27)10-30-17/h2-8,10-11,14,20H,12-13,28-29H2,1H3/b32-14-. The van der Waals surface area contributed by atoms with Gasteiger partial charge in [-0.05, 0) is 48.4 Å². The van der Waals surface area contributed by atoms with Crippen molar-refractivity contribution in [2.24, 2.45) is 16.8 Å². The van der Waals surface area contributed by atoms with Gasteiger partial charge in [0.25, 0.3) is 5.92 Å². The van der Waals surface area contributed by atoms with E-state index in [1.54, 1.807) is 25.1 Å². The number of hydrogen-bond donors (Lipinski definition) is 2. The van der Waals surface area contributed by atoms with E-state index < -0.39 is 29.9 Å². The first-order chi connectivity index (χ1) is 16.2. The van der Waals surface area contributed by atoms with Crippen LogP contribution in [0.5, 0.6) is 5.75 Å². The normalized spacial score (nSPS) is 12.4. The zero-order valence-corrected chi connectivity index (χ0v) is 18.2. The number of aromatic nitrogens is 2. The SMILES string of the molecule is Cc1ccc(C(CN(N)/C=N\N)C(F)(F)c2ccc(OCc3ccc(C#N)cn3)cn2)c(F)c1. The molecule has 1 atom stereocenters. The molecule has 0 spiro atoms. The molecule has 0 aliphatic carbocycles. The number of hydrazone groups is 1. The summed E-state index contributed by atoms with van der Waals surface area (Å²) in [6, 6.07) is 11.6. The summed E-state index contributed by atoms with van der Waals surface area (Å²) in [5.41, 5.74) is 0.746. The van der Waals surface area contributed by atoms with Gasteiger partial charge in [0.1, 0.15) is 36.3 Å². The summed E-state index contributed by atoms with van der Waals surface area (Å²) in [6.45, 7) is 1.24. The first-order valence-electron chi connectivity index (χ1n) is 10.1. The fourth-order valence-corrected chi connectivity index (χ4v) is 3.24. The lowest BCUT2D eigenvalue weighted by Crippen LogP contribution is -2.40. The average molecular weight is 469 g/mol. The molecular weight excluding hydrogens is 447 g/mol. The monoisotopic (exact) mass is 469 g/mol. The summed E-state index contributed by atoms with van der Waals surface area (Å²) in [6.07, 6.45) is 3.52. The highest BCUT2D eigenvalue weighted by Crippen LogP contribution is 2.42. The highest BCUT2D eigenvalue weighted by molar-refractivity contribution is 5.53. The molecular formula is C23H22F3N7O. The molecule has 3 rings (SSSR count). The van der Waals surface area contributed by atoms with Gasteiger partial charge in [-0.25, -0.2) is 10.2 Å². The smallest absolute Gasteiger partial charge is 0.298 e. The van der Waals surface area contributed by atoms with Crippen molar-refractivity contribution >= 4 is 6.34 Å². The molecule has 4 N–H and O–H groups in total. The van der Waals surface area contributed by atoms with Crippen LogP contribution in [0.4, 0.5) is 13.2 Å². The maximum atomic E-state index is 15.6. The third-order valence-electron chi connectivity index (χ3n) is 5.00. The fraction of sp³-hybridized carbons (Fsp3) is 0.217. The van der Waals surface area contributed by atoms with Gasteiger partial charge in [0.2, 0.25) is 0 Å². The summed E-state index contributed by atoms with van der Waals surface area (Å²) in [7, 11) is 0.